The van der Waals surface area contributed by atoms with E-state index in [0.717, 1.165) is 16.7 Å². The molecule has 2 rings (SSSR count). The van der Waals surface area contributed by atoms with Gasteiger partial charge in [0.2, 0.25) is 0 Å². The van der Waals surface area contributed by atoms with Crippen molar-refractivity contribution in [2.45, 2.75) is 13.0 Å². The largest absolute Gasteiger partial charge is 0.494 e. The quantitative estimate of drug-likeness (QED) is 0.661. The molecule has 2 aromatic rings. The zero-order chi connectivity index (χ0) is 13.1. The lowest BCUT2D eigenvalue weighted by molar-refractivity contribution is 0.385. The number of halogens is 1. The first-order valence-electron chi connectivity index (χ1n) is 5.49. The third-order valence-corrected chi connectivity index (χ3v) is 3.76. The van der Waals surface area contributed by atoms with Crippen molar-refractivity contribution in [1.29, 1.82) is 0 Å². The van der Waals surface area contributed by atoms with Crippen molar-refractivity contribution in [3.05, 3.63) is 51.5 Å². The molecule has 0 aliphatic rings. The van der Waals surface area contributed by atoms with Crippen LogP contribution >= 0.6 is 11.3 Å². The lowest BCUT2D eigenvalue weighted by atomic mass is 9.99. The van der Waals surface area contributed by atoms with Crippen LogP contribution in [0.5, 0.6) is 5.75 Å². The van der Waals surface area contributed by atoms with Crippen molar-refractivity contribution >= 4 is 11.3 Å². The Labute approximate surface area is 109 Å². The molecule has 1 aromatic heterocycles. The second-order valence-corrected chi connectivity index (χ2v) is 4.75. The summed E-state index contributed by atoms with van der Waals surface area (Å²) in [7, 11) is 1.44. The molecule has 0 fully saturated rings. The first-order chi connectivity index (χ1) is 8.67. The Balaban J connectivity index is 2.40. The van der Waals surface area contributed by atoms with Crippen LogP contribution in [-0.4, -0.2) is 7.11 Å². The number of hydrogen-bond donors (Lipinski definition) is 2. The summed E-state index contributed by atoms with van der Waals surface area (Å²) < 4.78 is 18.6. The van der Waals surface area contributed by atoms with Crippen LogP contribution in [0.2, 0.25) is 0 Å². The van der Waals surface area contributed by atoms with Gasteiger partial charge in [0, 0.05) is 0 Å². The Hall–Kier alpha value is -1.43. The molecular formula is C13H15FN2OS. The number of thiophene rings is 1. The summed E-state index contributed by atoms with van der Waals surface area (Å²) >= 11 is 1.60. The van der Waals surface area contributed by atoms with Crippen molar-refractivity contribution in [2.24, 2.45) is 5.84 Å². The molecule has 0 saturated carbocycles. The fourth-order valence-corrected chi connectivity index (χ4v) is 2.77. The average Bonchev–Trinajstić information content (AvgIpc) is 2.77. The van der Waals surface area contributed by atoms with Gasteiger partial charge in [-0.3, -0.25) is 5.84 Å². The van der Waals surface area contributed by atoms with E-state index in [0.29, 0.717) is 0 Å². The van der Waals surface area contributed by atoms with Gasteiger partial charge in [-0.25, -0.2) is 9.82 Å². The highest BCUT2D eigenvalue weighted by atomic mass is 32.1. The van der Waals surface area contributed by atoms with E-state index in [4.69, 9.17) is 10.6 Å². The van der Waals surface area contributed by atoms with Gasteiger partial charge in [0.05, 0.1) is 13.2 Å². The van der Waals surface area contributed by atoms with Gasteiger partial charge in [0.15, 0.2) is 11.6 Å². The predicted octanol–water partition coefficient (Wildman–Crippen LogP) is 2.76. The highest BCUT2D eigenvalue weighted by Crippen LogP contribution is 2.29. The standard InChI is InChI=1S/C13H15FN2OS/c1-8-6-18-7-10(8)13(16-15)9-3-4-12(17-2)11(14)5-9/h3-7,13,16H,15H2,1-2H3. The normalized spacial score (nSPS) is 12.4. The Morgan fingerprint density at radius 3 is 2.67 bits per heavy atom. The van der Waals surface area contributed by atoms with Gasteiger partial charge >= 0.3 is 0 Å². The third-order valence-electron chi connectivity index (χ3n) is 2.88. The fourth-order valence-electron chi connectivity index (χ4n) is 1.89. The molecule has 0 bridgehead atoms. The maximum atomic E-state index is 13.7. The van der Waals surface area contributed by atoms with E-state index >= 15 is 0 Å². The summed E-state index contributed by atoms with van der Waals surface area (Å²) in [6.07, 6.45) is 0. The van der Waals surface area contributed by atoms with Crippen LogP contribution in [0.4, 0.5) is 4.39 Å². The number of nitrogens with one attached hydrogen (secondary N) is 1. The van der Waals surface area contributed by atoms with E-state index in [2.05, 4.69) is 5.43 Å². The molecule has 1 heterocycles. The molecule has 1 atom stereocenters. The fraction of sp³-hybridized carbons (Fsp3) is 0.231. The van der Waals surface area contributed by atoms with E-state index < -0.39 is 0 Å². The summed E-state index contributed by atoms with van der Waals surface area (Å²) in [4.78, 5) is 0. The molecule has 1 aromatic carbocycles. The first kappa shape index (κ1) is 13.0. The summed E-state index contributed by atoms with van der Waals surface area (Å²) in [5, 5.41) is 4.06. The molecular weight excluding hydrogens is 251 g/mol. The van der Waals surface area contributed by atoms with Crippen LogP contribution in [0, 0.1) is 12.7 Å². The van der Waals surface area contributed by atoms with Gasteiger partial charge < -0.3 is 4.74 Å². The van der Waals surface area contributed by atoms with Crippen molar-refractivity contribution in [3.63, 3.8) is 0 Å². The van der Waals surface area contributed by atoms with E-state index in [1.165, 1.54) is 13.2 Å². The lowest BCUT2D eigenvalue weighted by Crippen LogP contribution is -2.29. The van der Waals surface area contributed by atoms with E-state index in [-0.39, 0.29) is 17.6 Å². The summed E-state index contributed by atoms with van der Waals surface area (Å²) in [5.74, 6) is 5.43. The van der Waals surface area contributed by atoms with Gasteiger partial charge in [-0.1, -0.05) is 6.07 Å². The number of aryl methyl sites for hydroxylation is 1. The highest BCUT2D eigenvalue weighted by molar-refractivity contribution is 7.08. The predicted molar refractivity (Wildman–Crippen MR) is 71.2 cm³/mol. The van der Waals surface area contributed by atoms with Crippen LogP contribution < -0.4 is 16.0 Å². The SMILES string of the molecule is COc1ccc(C(NN)c2cscc2C)cc1F. The summed E-state index contributed by atoms with van der Waals surface area (Å²) in [6, 6.07) is 4.65. The van der Waals surface area contributed by atoms with Crippen LogP contribution in [0.1, 0.15) is 22.7 Å². The van der Waals surface area contributed by atoms with Crippen molar-refractivity contribution in [2.75, 3.05) is 7.11 Å². The molecule has 0 saturated heterocycles. The Bertz CT molecular complexity index is 542. The second kappa shape index (κ2) is 5.48. The van der Waals surface area contributed by atoms with E-state index in [1.54, 1.807) is 17.4 Å². The number of nitrogens with two attached hydrogens (primary N) is 1. The number of benzene rings is 1. The van der Waals surface area contributed by atoms with Gasteiger partial charge in [0.25, 0.3) is 0 Å². The first-order valence-corrected chi connectivity index (χ1v) is 6.44. The minimum absolute atomic E-state index is 0.211. The maximum Gasteiger partial charge on any atom is 0.165 e. The summed E-state index contributed by atoms with van der Waals surface area (Å²) in [5.41, 5.74) is 5.70. The van der Waals surface area contributed by atoms with Crippen LogP contribution in [0.15, 0.2) is 29.0 Å². The highest BCUT2D eigenvalue weighted by Gasteiger charge is 2.17. The molecule has 0 spiro atoms. The van der Waals surface area contributed by atoms with Gasteiger partial charge in [0.1, 0.15) is 0 Å². The maximum absolute atomic E-state index is 13.7. The molecule has 96 valence electrons. The van der Waals surface area contributed by atoms with Crippen molar-refractivity contribution < 1.29 is 9.13 Å². The molecule has 0 radical (unpaired) electrons. The lowest BCUT2D eigenvalue weighted by Gasteiger charge is -2.17. The van der Waals surface area contributed by atoms with Gasteiger partial charge in [-0.2, -0.15) is 11.3 Å². The average molecular weight is 266 g/mol. The summed E-state index contributed by atoms with van der Waals surface area (Å²) in [6.45, 7) is 2.01. The number of methoxy groups -OCH3 is 1. The molecule has 3 nitrogen and oxygen atoms in total. The molecule has 0 amide bonds. The zero-order valence-electron chi connectivity index (χ0n) is 10.2. The molecule has 0 aliphatic carbocycles. The Morgan fingerprint density at radius 2 is 2.17 bits per heavy atom. The molecule has 3 N–H and O–H groups in total. The number of rotatable bonds is 4. The minimum Gasteiger partial charge on any atom is -0.494 e. The number of ether oxygens (including phenoxy) is 1. The van der Waals surface area contributed by atoms with Gasteiger partial charge in [-0.05, 0) is 46.5 Å². The van der Waals surface area contributed by atoms with Crippen LogP contribution in [-0.2, 0) is 0 Å². The molecule has 0 aliphatic heterocycles. The van der Waals surface area contributed by atoms with Crippen LogP contribution in [0.3, 0.4) is 0 Å². The van der Waals surface area contributed by atoms with E-state index in [1.807, 2.05) is 23.8 Å². The van der Waals surface area contributed by atoms with Crippen molar-refractivity contribution in [3.8, 4) is 5.75 Å². The molecule has 5 heteroatoms. The second-order valence-electron chi connectivity index (χ2n) is 4.00. The zero-order valence-corrected chi connectivity index (χ0v) is 11.1. The topological polar surface area (TPSA) is 47.3 Å². The number of hydrazine groups is 1. The molecule has 18 heavy (non-hydrogen) atoms. The van der Waals surface area contributed by atoms with Crippen molar-refractivity contribution in [1.82, 2.24) is 5.43 Å². The number of hydrogen-bond acceptors (Lipinski definition) is 4. The smallest absolute Gasteiger partial charge is 0.165 e. The Kier molecular flexibility index (Phi) is 3.96. The van der Waals surface area contributed by atoms with Gasteiger partial charge in [-0.15, -0.1) is 0 Å². The van der Waals surface area contributed by atoms with Crippen LogP contribution in [0.25, 0.3) is 0 Å². The third kappa shape index (κ3) is 2.38. The molecule has 1 unspecified atom stereocenters. The monoisotopic (exact) mass is 266 g/mol. The Morgan fingerprint density at radius 1 is 1.39 bits per heavy atom. The minimum atomic E-state index is -0.386. The van der Waals surface area contributed by atoms with E-state index in [9.17, 15) is 4.39 Å².